The first kappa shape index (κ1) is 48.0. The lowest BCUT2D eigenvalue weighted by atomic mass is 9.41. The summed E-state index contributed by atoms with van der Waals surface area (Å²) in [5.74, 6) is 10.1. The maximum Gasteiger partial charge on any atom is 0.136 e. The largest absolute Gasteiger partial charge is 0.136 e. The van der Waals surface area contributed by atoms with Crippen molar-refractivity contribution < 1.29 is 0 Å². The van der Waals surface area contributed by atoms with Crippen molar-refractivity contribution in [1.82, 2.24) is 0 Å². The van der Waals surface area contributed by atoms with E-state index in [2.05, 4.69) is 145 Å². The van der Waals surface area contributed by atoms with Crippen LogP contribution >= 0.6 is 0 Å². The molecule has 0 nitrogen and oxygen atoms in total. The van der Waals surface area contributed by atoms with E-state index in [0.717, 1.165) is 90.9 Å². The average Bonchev–Trinajstić information content (AvgIpc) is 2.79. The van der Waals surface area contributed by atoms with E-state index in [0.29, 0.717) is 0 Å². The Morgan fingerprint density at radius 3 is 0.632 bits per heavy atom. The van der Waals surface area contributed by atoms with Crippen LogP contribution in [0.3, 0.4) is 0 Å². The molecule has 0 rings (SSSR count). The third-order valence-electron chi connectivity index (χ3n) is 11.3. The van der Waals surface area contributed by atoms with Gasteiger partial charge in [0.05, 0.1) is 0 Å². The molecule has 0 spiro atoms. The number of hydrogen-bond acceptors (Lipinski definition) is 0. The Morgan fingerprint density at radius 2 is 0.447 bits per heavy atom. The van der Waals surface area contributed by atoms with E-state index in [4.69, 9.17) is 0 Å². The summed E-state index contributed by atoms with van der Waals surface area (Å²) in [4.78, 5) is 0. The van der Waals surface area contributed by atoms with E-state index < -0.39 is 0 Å². The second-order valence-corrected chi connectivity index (χ2v) is 15.2. The van der Waals surface area contributed by atoms with Gasteiger partial charge in [0, 0.05) is 0 Å². The average molecular weight is 536 g/mol. The van der Waals surface area contributed by atoms with Crippen LogP contribution in [0.2, 0.25) is 58.4 Å². The van der Waals surface area contributed by atoms with E-state index in [-0.39, 0.29) is 14.9 Å². The van der Waals surface area contributed by atoms with Gasteiger partial charge in [-0.15, -0.1) is 0 Å². The van der Waals surface area contributed by atoms with Gasteiger partial charge in [0.25, 0.3) is 0 Å². The van der Waals surface area contributed by atoms with Crippen molar-refractivity contribution in [3.05, 3.63) is 0 Å². The van der Waals surface area contributed by atoms with Crippen molar-refractivity contribution in [2.75, 3.05) is 0 Å². The van der Waals surface area contributed by atoms with Gasteiger partial charge in [-0.05, 0) is 53.3 Å². The minimum Gasteiger partial charge on any atom is -0.0861 e. The van der Waals surface area contributed by atoms with Crippen LogP contribution in [0.1, 0.15) is 119 Å². The lowest BCUT2D eigenvalue weighted by molar-refractivity contribution is 0.218. The van der Waals surface area contributed by atoms with Crippen molar-refractivity contribution >= 4 is 20.1 Å². The molecule has 3 heteroatoms. The van der Waals surface area contributed by atoms with Crippen molar-refractivity contribution in [3.63, 3.8) is 0 Å². The zero-order chi connectivity index (χ0) is 29.7. The maximum absolute atomic E-state index is 2.42. The van der Waals surface area contributed by atoms with E-state index in [1.165, 1.54) is 0 Å². The first-order chi connectivity index (χ1) is 16.1. The van der Waals surface area contributed by atoms with E-state index in [9.17, 15) is 0 Å². The van der Waals surface area contributed by atoms with Crippen LogP contribution in [0, 0.1) is 53.3 Å². The molecule has 0 aliphatic rings. The van der Waals surface area contributed by atoms with E-state index in [1.807, 2.05) is 0 Å². The summed E-state index contributed by atoms with van der Waals surface area (Å²) < 4.78 is 0. The highest BCUT2D eigenvalue weighted by Gasteiger charge is 2.28. The van der Waals surface area contributed by atoms with Crippen LogP contribution in [-0.2, 0) is 0 Å². The fraction of sp³-hybridized carbons (Fsp3) is 1.00. The van der Waals surface area contributed by atoms with Gasteiger partial charge in [0.15, 0.2) is 0 Å². The molecule has 9 unspecified atom stereocenters. The highest BCUT2D eigenvalue weighted by atomic mass is 14.3. The highest BCUT2D eigenvalue weighted by molar-refractivity contribution is 6.58. The lowest BCUT2D eigenvalue weighted by Crippen LogP contribution is -2.27. The smallest absolute Gasteiger partial charge is 0.0861 e. The summed E-state index contributed by atoms with van der Waals surface area (Å²) in [6.45, 7) is 51.9. The molecular weight excluding hydrogens is 453 g/mol. The Kier molecular flexibility index (Phi) is 30.1. The first-order valence-corrected chi connectivity index (χ1v) is 16.1. The third-order valence-corrected chi connectivity index (χ3v) is 11.3. The van der Waals surface area contributed by atoms with Gasteiger partial charge in [-0.25, -0.2) is 0 Å². The molecule has 0 saturated heterocycles. The molecule has 232 valence electrons. The first-order valence-electron chi connectivity index (χ1n) is 16.1. The Balaban J connectivity index is -0.000000141. The summed E-state index contributed by atoms with van der Waals surface area (Å²) in [6.07, 6.45) is 0. The van der Waals surface area contributed by atoms with Crippen LogP contribution in [0.25, 0.3) is 0 Å². The summed E-state index contributed by atoms with van der Waals surface area (Å²) in [5.41, 5.74) is 0. The summed E-state index contributed by atoms with van der Waals surface area (Å²) >= 11 is 0. The Morgan fingerprint density at radius 1 is 0.263 bits per heavy atom. The van der Waals surface area contributed by atoms with Crippen LogP contribution < -0.4 is 0 Å². The Hall–Kier alpha value is 0.195. The predicted molar refractivity (Wildman–Crippen MR) is 194 cm³/mol. The molecule has 0 aliphatic carbocycles. The Bertz CT molecular complexity index is 453. The molecule has 0 aromatic carbocycles. The van der Waals surface area contributed by atoms with Gasteiger partial charge in [-0.1, -0.05) is 177 Å². The molecule has 0 radical (unpaired) electrons. The molecule has 0 fully saturated rings. The summed E-state index contributed by atoms with van der Waals surface area (Å²) in [6, 6.07) is 0. The molecule has 0 bridgehead atoms. The fourth-order valence-corrected chi connectivity index (χ4v) is 5.08. The van der Waals surface area contributed by atoms with Gasteiger partial charge >= 0.3 is 0 Å². The molecule has 0 amide bonds. The molecule has 0 N–H and O–H groups in total. The second-order valence-electron chi connectivity index (χ2n) is 15.2. The molecule has 38 heavy (non-hydrogen) atoms. The number of hydrogen-bond donors (Lipinski definition) is 0. The summed E-state index contributed by atoms with van der Waals surface area (Å²) in [5, 5.41) is 0. The summed E-state index contributed by atoms with van der Waals surface area (Å²) in [7, 11) is 0. The third kappa shape index (κ3) is 19.3. The lowest BCUT2D eigenvalue weighted by Gasteiger charge is -2.33. The monoisotopic (exact) mass is 537 g/mol. The van der Waals surface area contributed by atoms with Gasteiger partial charge < -0.3 is 0 Å². The standard InChI is InChI=1S/C13H29B.C11H25B.C9H21B.2CH4/c1-9(2)10(3)11(4)12(5)13(6)14(7)8;1-8(2)9(3)10(4)11(5)12(6)7;1-7(2)8(3)9(4)10(5)6;;/h9-13H,1-8H3;8-11H,1-7H3;7-9H,1-6H3;2*1H4. The van der Waals surface area contributed by atoms with Gasteiger partial charge in [-0.3, -0.25) is 0 Å². The van der Waals surface area contributed by atoms with Crippen LogP contribution in [0.15, 0.2) is 0 Å². The predicted octanol–water partition coefficient (Wildman–Crippen LogP) is 13.4. The van der Waals surface area contributed by atoms with E-state index in [1.54, 1.807) is 0 Å². The van der Waals surface area contributed by atoms with Crippen LogP contribution in [0.4, 0.5) is 0 Å². The van der Waals surface area contributed by atoms with Crippen molar-refractivity contribution in [1.29, 1.82) is 0 Å². The van der Waals surface area contributed by atoms with Crippen LogP contribution in [0.5, 0.6) is 0 Å². The molecule has 0 heterocycles. The topological polar surface area (TPSA) is 0 Å². The normalized spacial score (nSPS) is 18.0. The SMILES string of the molecule is C.C.CB(C)C(C)C(C)C(C)C.CB(C)C(C)C(C)C(C)C(C)C.CB(C)C(C)C(C)C(C)C(C)C(C)C. The molecule has 0 saturated carbocycles. The van der Waals surface area contributed by atoms with Gasteiger partial charge in [-0.2, -0.15) is 0 Å². The highest BCUT2D eigenvalue weighted by Crippen LogP contribution is 2.35. The Labute approximate surface area is 250 Å². The van der Waals surface area contributed by atoms with Crippen molar-refractivity contribution in [2.45, 2.75) is 177 Å². The molecule has 0 aromatic heterocycles. The minimum absolute atomic E-state index is 0. The van der Waals surface area contributed by atoms with Gasteiger partial charge in [0.2, 0.25) is 0 Å². The molecule has 0 aliphatic heterocycles. The van der Waals surface area contributed by atoms with Crippen molar-refractivity contribution in [3.8, 4) is 0 Å². The quantitative estimate of drug-likeness (QED) is 0.218. The van der Waals surface area contributed by atoms with Crippen molar-refractivity contribution in [2.24, 2.45) is 53.3 Å². The number of rotatable bonds is 12. The molecular formula is C35H83B3. The van der Waals surface area contributed by atoms with Crippen LogP contribution in [-0.4, -0.2) is 20.1 Å². The van der Waals surface area contributed by atoms with Gasteiger partial charge in [0.1, 0.15) is 20.1 Å². The maximum atomic E-state index is 2.42. The minimum atomic E-state index is 0. The fourth-order valence-electron chi connectivity index (χ4n) is 5.08. The zero-order valence-electron chi connectivity index (χ0n) is 29.7. The molecule has 0 aromatic rings. The van der Waals surface area contributed by atoms with E-state index >= 15 is 0 Å². The second kappa shape index (κ2) is 23.9. The molecule has 9 atom stereocenters. The zero-order valence-corrected chi connectivity index (χ0v) is 29.7.